The Hall–Kier alpha value is -13.1. The summed E-state index contributed by atoms with van der Waals surface area (Å²) in [7, 11) is 6.78. The molecule has 4 aromatic heterocycles. The van der Waals surface area contributed by atoms with Crippen molar-refractivity contribution in [1.29, 1.82) is 0 Å². The number of aromatic nitrogens is 12. The minimum Gasteiger partial charge on any atom is -0.479 e. The predicted molar refractivity (Wildman–Crippen MR) is 555 cm³/mol. The molecular formula is C103H122BBr2ClN22O15. The van der Waals surface area contributed by atoms with Crippen LogP contribution in [0.4, 0.5) is 9.59 Å². The van der Waals surface area contributed by atoms with Crippen LogP contribution in [0.1, 0.15) is 136 Å². The third kappa shape index (κ3) is 27.1. The molecular weight excluding hydrogens is 1990 g/mol. The van der Waals surface area contributed by atoms with Gasteiger partial charge in [0.05, 0.1) is 23.8 Å². The molecule has 758 valence electrons. The van der Waals surface area contributed by atoms with Gasteiger partial charge in [-0.2, -0.15) is 70.2 Å². The maximum Gasteiger partial charge on any atom is 0.494 e. The van der Waals surface area contributed by atoms with Crippen LogP contribution < -0.4 is 10.8 Å². The van der Waals surface area contributed by atoms with E-state index in [-0.39, 0.29) is 54.1 Å². The van der Waals surface area contributed by atoms with E-state index in [0.717, 1.165) is 130 Å². The van der Waals surface area contributed by atoms with E-state index in [9.17, 15) is 43.5 Å². The van der Waals surface area contributed by atoms with Crippen LogP contribution >= 0.6 is 44.3 Å². The number of aliphatic hydroxyl groups is 2. The minimum atomic E-state index is -1.33. The Morgan fingerprint density at radius 3 is 1.04 bits per heavy atom. The number of hydrogen-bond donors (Lipinski definition) is 4. The smallest absolute Gasteiger partial charge is 0.479 e. The molecule has 0 radical (unpaired) electrons. The maximum atomic E-state index is 12.9. The van der Waals surface area contributed by atoms with Crippen molar-refractivity contribution in [2.24, 2.45) is 44.3 Å². The number of ether oxygens (including phenoxy) is 2. The summed E-state index contributed by atoms with van der Waals surface area (Å²) in [6.07, 6.45) is 7.55. The van der Waals surface area contributed by atoms with E-state index in [1.807, 2.05) is 264 Å². The number of halogens is 3. The van der Waals surface area contributed by atoms with E-state index in [0.29, 0.717) is 133 Å². The predicted octanol–water partition coefficient (Wildman–Crippen LogP) is 13.2. The molecule has 10 heterocycles. The summed E-state index contributed by atoms with van der Waals surface area (Å²) in [5.41, 5.74) is 12.3. The number of fused-ring (bicyclic) bond motifs is 5. The van der Waals surface area contributed by atoms with Gasteiger partial charge in [0.2, 0.25) is 0 Å². The molecule has 0 bridgehead atoms. The largest absolute Gasteiger partial charge is 0.494 e. The number of amides is 7. The zero-order chi connectivity index (χ0) is 102. The molecule has 2 saturated carbocycles. The highest BCUT2D eigenvalue weighted by atomic mass is 79.9. The summed E-state index contributed by atoms with van der Waals surface area (Å²) in [4.78, 5) is 116. The molecule has 41 heteroatoms. The summed E-state index contributed by atoms with van der Waals surface area (Å²) < 4.78 is 25.1. The summed E-state index contributed by atoms with van der Waals surface area (Å²) in [6, 6.07) is 54.4. The summed E-state index contributed by atoms with van der Waals surface area (Å²) in [6.45, 7) is 28.9. The number of carboxylic acid groups (broad SMARTS) is 1. The number of nitrogens with one attached hydrogen (secondary N) is 1. The molecule has 21 rings (SSSR count). The molecule has 37 nitrogen and oxygen atoms in total. The molecule has 6 aliphatic heterocycles. The van der Waals surface area contributed by atoms with Gasteiger partial charge in [-0.25, -0.2) is 14.4 Å². The van der Waals surface area contributed by atoms with Crippen LogP contribution in [0.3, 0.4) is 0 Å². The quantitative estimate of drug-likeness (QED) is 0.0924. The molecule has 0 spiro atoms. The van der Waals surface area contributed by atoms with Crippen LogP contribution in [0.5, 0.6) is 0 Å². The lowest BCUT2D eigenvalue weighted by molar-refractivity contribution is -0.149. The minimum absolute atomic E-state index is 0. The summed E-state index contributed by atoms with van der Waals surface area (Å²) >= 11 is 6.78. The number of rotatable bonds is 10. The third-order valence-electron chi connectivity index (χ3n) is 25.7. The number of carbonyl (C=O) groups is 8. The first-order chi connectivity index (χ1) is 67.9. The van der Waals surface area contributed by atoms with Gasteiger partial charge in [0.25, 0.3) is 29.5 Å². The highest BCUT2D eigenvalue weighted by Crippen LogP contribution is 2.40. The molecule has 144 heavy (non-hydrogen) atoms. The van der Waals surface area contributed by atoms with Crippen molar-refractivity contribution in [3.05, 3.63) is 219 Å². The number of aliphatic carboxylic acids is 1. The maximum absolute atomic E-state index is 12.9. The van der Waals surface area contributed by atoms with E-state index in [1.54, 1.807) is 62.7 Å². The van der Waals surface area contributed by atoms with Crippen molar-refractivity contribution in [3.63, 3.8) is 0 Å². The Labute approximate surface area is 858 Å². The first-order valence-corrected chi connectivity index (χ1v) is 49.4. The van der Waals surface area contributed by atoms with Crippen LogP contribution in [0.2, 0.25) is 0 Å². The second kappa shape index (κ2) is 45.1. The summed E-state index contributed by atoms with van der Waals surface area (Å²) in [5, 5.41) is 72.2. The monoisotopic (exact) mass is 2110 g/mol. The molecule has 5 saturated heterocycles. The molecule has 2 unspecified atom stereocenters. The van der Waals surface area contributed by atoms with Crippen LogP contribution in [0, 0.1) is 5.92 Å². The SMILES string of the molecule is BrC1=CC2CN=NC2C=C1.CC(C)(C)OC(=O)N1CCN(C(=O)c2ccc(B3OC(C)(C)C(C)(C)O3)cc2)CC1.Cl.Cn1nc2ccc(-c3ccc(C(=O)N4CCN(C(=O)C5(O)CC5)CC4)cc3)cc2n1.Cn1nc2ccc(-c3ccc(C(=O)N4CCN(C(=O)OC(C)(C)C)CC4)cc3)cc2n1.Cn1nc2ccc(-c3ccc(C(=O)N4CCNCC4)cc3)cc2n1.Cn1nc2ccc(Br)cc2n1.O=C(O)C1(O)CC1. The van der Waals surface area contributed by atoms with E-state index in [2.05, 4.69) is 100 Å². The van der Waals surface area contributed by atoms with Crippen LogP contribution in [0.25, 0.3) is 77.5 Å². The number of hydrogen-bond acceptors (Lipinski definition) is 25. The van der Waals surface area contributed by atoms with Gasteiger partial charge in [-0.3, -0.25) is 24.0 Å². The molecule has 12 aromatic rings. The lowest BCUT2D eigenvalue weighted by atomic mass is 9.79. The number of aryl methyl sites for hydroxylation is 4. The van der Waals surface area contributed by atoms with Crippen LogP contribution in [0.15, 0.2) is 207 Å². The Kier molecular flexibility index (Phi) is 33.4. The molecule has 8 aromatic carbocycles. The number of carboxylic acids is 1. The zero-order valence-corrected chi connectivity index (χ0v) is 87.3. The first-order valence-electron chi connectivity index (χ1n) is 47.8. The number of allylic oxidation sites excluding steroid dienone is 2. The molecule has 2 atom stereocenters. The number of azo groups is 1. The van der Waals surface area contributed by atoms with Gasteiger partial charge in [-0.1, -0.05) is 117 Å². The van der Waals surface area contributed by atoms with Crippen molar-refractivity contribution >= 4 is 149 Å². The van der Waals surface area contributed by atoms with Crippen molar-refractivity contribution in [1.82, 2.24) is 99.6 Å². The third-order valence-corrected chi connectivity index (χ3v) is 26.7. The fraction of sp³-hybridized carbons (Fsp3) is 0.417. The Morgan fingerprint density at radius 1 is 0.403 bits per heavy atom. The second-order valence-corrected chi connectivity index (χ2v) is 41.3. The van der Waals surface area contributed by atoms with E-state index < -0.39 is 46.7 Å². The molecule has 3 aliphatic carbocycles. The fourth-order valence-electron chi connectivity index (χ4n) is 16.5. The summed E-state index contributed by atoms with van der Waals surface area (Å²) in [5.74, 6) is -0.777. The fourth-order valence-corrected chi connectivity index (χ4v) is 17.3. The highest BCUT2D eigenvalue weighted by Gasteiger charge is 2.53. The van der Waals surface area contributed by atoms with E-state index in [1.165, 1.54) is 0 Å². The standard InChI is InChI=1S/C23H27N5O3.C22H33BN2O5.C22H23N5O3.C18H19N5O.C7H6BrN3.C7H7BrN2.C4H6O3.ClH/c1-23(2,3)31-22(30)28-13-11-27(12-14-28)21(29)17-7-5-16(6-8-17)18-9-10-19-20(15-18)25-26(4)24-19;1-20(2,3)28-19(27)25-14-12-24(13-15-25)18(26)16-8-10-17(11-9-16)23-29-21(4,5)22(6,7)30-23;1-25-23-18-7-6-17(14-19(18)24-25)15-2-4-16(5-3-15)20(28)26-10-12-27(13-11-26)21(29)22(30)8-9-22;1-22-20-16-7-6-15(12-17(16)21-22)13-2-4-14(5-3-13)18(24)23-10-8-19-9-11-23;1-11-9-6-3-2-5(8)4-7(6)10-11;8-6-1-2-7-5(3-6)4-9-10-7;5-3(6)4(7)1-2-4;/h5-10,15H,11-14H2,1-4H3;8-11H,12-15H2,1-7H3;2-7,14,30H,8-13H2,1H3;2-7,12,19H,8-11H2,1H3;2-4H,1H3;1-3,5,7H,4H2;7H,1-2H2,(H,5,6);1H. The van der Waals surface area contributed by atoms with Gasteiger partial charge in [-0.15, -0.1) is 12.4 Å². The van der Waals surface area contributed by atoms with Crippen LogP contribution in [-0.4, -0.2) is 315 Å². The van der Waals surface area contributed by atoms with Gasteiger partial charge in [0, 0.05) is 170 Å². The van der Waals surface area contributed by atoms with Gasteiger partial charge in [0.15, 0.2) is 5.60 Å². The lowest BCUT2D eigenvalue weighted by Crippen LogP contribution is -2.53. The number of piperazine rings is 4. The average Bonchev–Trinajstić information content (AvgIpc) is 1.62. The molecule has 4 N–H and O–H groups in total. The van der Waals surface area contributed by atoms with Crippen molar-refractivity contribution < 1.29 is 72.5 Å². The topological polar surface area (TPSA) is 416 Å². The highest BCUT2D eigenvalue weighted by molar-refractivity contribution is 9.12. The van der Waals surface area contributed by atoms with Gasteiger partial charge >= 0.3 is 25.3 Å². The Bertz CT molecular complexity index is 6730. The number of carbonyl (C=O) groups excluding carboxylic acids is 7. The van der Waals surface area contributed by atoms with E-state index >= 15 is 0 Å². The average molecular weight is 2110 g/mol. The molecule has 9 aliphatic rings. The molecule has 7 fully saturated rings. The van der Waals surface area contributed by atoms with Gasteiger partial charge in [-0.05, 0) is 237 Å². The zero-order valence-electron chi connectivity index (χ0n) is 83.3. The normalized spacial score (nSPS) is 18.2. The van der Waals surface area contributed by atoms with Crippen molar-refractivity contribution in [2.45, 2.75) is 135 Å². The number of benzene rings is 8. The van der Waals surface area contributed by atoms with Gasteiger partial charge in [0.1, 0.15) is 60.9 Å². The van der Waals surface area contributed by atoms with Gasteiger partial charge < -0.3 is 73.7 Å². The first kappa shape index (κ1) is 107. The van der Waals surface area contributed by atoms with Crippen molar-refractivity contribution in [2.75, 3.05) is 111 Å². The van der Waals surface area contributed by atoms with E-state index in [4.69, 9.17) is 29.0 Å². The number of nitrogens with zero attached hydrogens (tertiary/aromatic N) is 21. The molecule has 7 amide bonds. The Morgan fingerprint density at radius 2 is 0.708 bits per heavy atom. The Balaban J connectivity index is 0.000000139. The second-order valence-electron chi connectivity index (χ2n) is 39.5. The van der Waals surface area contributed by atoms with Crippen LogP contribution in [-0.2, 0) is 56.6 Å². The van der Waals surface area contributed by atoms with Crippen molar-refractivity contribution in [3.8, 4) is 33.4 Å². The lowest BCUT2D eigenvalue weighted by Gasteiger charge is -2.35.